The molecule has 0 aromatic heterocycles. The van der Waals surface area contributed by atoms with Crippen molar-refractivity contribution >= 4 is 17.4 Å². The third-order valence-corrected chi connectivity index (χ3v) is 5.14. The first-order valence-electron chi connectivity index (χ1n) is 9.52. The number of methoxy groups -OCH3 is 2. The maximum atomic E-state index is 13.0. The smallest absolute Gasteiger partial charge is 0.295 e. The lowest BCUT2D eigenvalue weighted by molar-refractivity contribution is -0.140. The van der Waals surface area contributed by atoms with Gasteiger partial charge in [0, 0.05) is 13.7 Å². The highest BCUT2D eigenvalue weighted by atomic mass is 16.5. The van der Waals surface area contributed by atoms with Crippen molar-refractivity contribution in [3.63, 3.8) is 0 Å². The number of carbonyl (C=O) groups excluding carboxylic acids is 2. The lowest BCUT2D eigenvalue weighted by Crippen LogP contribution is -2.32. The van der Waals surface area contributed by atoms with Gasteiger partial charge in [0.05, 0.1) is 30.9 Å². The Morgan fingerprint density at radius 1 is 1.13 bits per heavy atom. The van der Waals surface area contributed by atoms with Crippen molar-refractivity contribution in [3.8, 4) is 11.5 Å². The summed E-state index contributed by atoms with van der Waals surface area (Å²) in [4.78, 5) is 27.1. The fourth-order valence-electron chi connectivity index (χ4n) is 3.89. The number of carbonyl (C=O) groups is 2. The highest BCUT2D eigenvalue weighted by molar-refractivity contribution is 6.46. The molecule has 1 fully saturated rings. The topological polar surface area (TPSA) is 96.3 Å². The number of hydrogen-bond donors (Lipinski definition) is 2. The number of nitrogens with zero attached hydrogens (tertiary/aromatic N) is 1. The largest absolute Gasteiger partial charge is 0.508 e. The van der Waals surface area contributed by atoms with Crippen molar-refractivity contribution in [2.75, 3.05) is 27.4 Å². The van der Waals surface area contributed by atoms with Crippen molar-refractivity contribution in [1.82, 2.24) is 4.90 Å². The number of aryl methyl sites for hydroxylation is 2. The van der Waals surface area contributed by atoms with Crippen LogP contribution in [0.1, 0.15) is 28.3 Å². The number of phenolic OH excluding ortho intramolecular Hbond substituents is 1. The van der Waals surface area contributed by atoms with Gasteiger partial charge in [0.15, 0.2) is 0 Å². The zero-order chi connectivity index (χ0) is 22.0. The molecule has 1 heterocycles. The number of ether oxygens (including phenoxy) is 2. The first-order chi connectivity index (χ1) is 14.3. The van der Waals surface area contributed by atoms with Gasteiger partial charge in [-0.25, -0.2) is 0 Å². The fourth-order valence-corrected chi connectivity index (χ4v) is 3.89. The molecule has 0 aliphatic carbocycles. The molecule has 1 saturated heterocycles. The molecule has 0 bridgehead atoms. The number of amides is 1. The van der Waals surface area contributed by atoms with Crippen LogP contribution in [0.25, 0.3) is 5.76 Å². The molecule has 30 heavy (non-hydrogen) atoms. The van der Waals surface area contributed by atoms with Gasteiger partial charge in [-0.15, -0.1) is 0 Å². The predicted molar refractivity (Wildman–Crippen MR) is 111 cm³/mol. The lowest BCUT2D eigenvalue weighted by Gasteiger charge is -2.25. The Morgan fingerprint density at radius 3 is 2.50 bits per heavy atom. The molecule has 3 rings (SSSR count). The third kappa shape index (κ3) is 3.76. The second kappa shape index (κ2) is 8.59. The number of aliphatic hydroxyl groups is 1. The second-order valence-electron chi connectivity index (χ2n) is 7.24. The third-order valence-electron chi connectivity index (χ3n) is 5.14. The van der Waals surface area contributed by atoms with Gasteiger partial charge in [-0.2, -0.15) is 0 Å². The van der Waals surface area contributed by atoms with Crippen molar-refractivity contribution < 1.29 is 29.3 Å². The van der Waals surface area contributed by atoms with Crippen LogP contribution < -0.4 is 4.74 Å². The van der Waals surface area contributed by atoms with E-state index in [0.29, 0.717) is 16.9 Å². The minimum atomic E-state index is -0.863. The van der Waals surface area contributed by atoms with E-state index in [1.54, 1.807) is 18.2 Å². The molecule has 0 saturated carbocycles. The molecular weight excluding hydrogens is 386 g/mol. The van der Waals surface area contributed by atoms with Crippen LogP contribution in [0.4, 0.5) is 0 Å². The van der Waals surface area contributed by atoms with Crippen molar-refractivity contribution in [1.29, 1.82) is 0 Å². The summed E-state index contributed by atoms with van der Waals surface area (Å²) in [6.07, 6.45) is 0. The zero-order valence-electron chi connectivity index (χ0n) is 17.4. The van der Waals surface area contributed by atoms with Crippen LogP contribution in [0.3, 0.4) is 0 Å². The number of phenols is 1. The van der Waals surface area contributed by atoms with E-state index in [1.807, 2.05) is 19.9 Å². The average molecular weight is 411 g/mol. The standard InChI is InChI=1S/C23H25NO6/c1-13-10-14(2)22(30-4)17(11-13)20(26)18-19(15-6-5-7-16(25)12-15)24(8-9-29-3)23(28)21(18)27/h5-7,10-12,19,25-26H,8-9H2,1-4H3/b20-18+. The first-order valence-corrected chi connectivity index (χ1v) is 9.52. The van der Waals surface area contributed by atoms with Gasteiger partial charge in [-0.1, -0.05) is 18.2 Å². The summed E-state index contributed by atoms with van der Waals surface area (Å²) in [6.45, 7) is 4.08. The molecule has 7 nitrogen and oxygen atoms in total. The molecule has 1 atom stereocenters. The van der Waals surface area contributed by atoms with Crippen molar-refractivity contribution in [3.05, 3.63) is 64.2 Å². The molecule has 7 heteroatoms. The summed E-state index contributed by atoms with van der Waals surface area (Å²) < 4.78 is 10.6. The molecule has 0 spiro atoms. The van der Waals surface area contributed by atoms with E-state index < -0.39 is 17.7 Å². The van der Waals surface area contributed by atoms with Gasteiger partial charge in [0.1, 0.15) is 17.3 Å². The Bertz CT molecular complexity index is 1030. The molecule has 1 unspecified atom stereocenters. The van der Waals surface area contributed by atoms with Crippen molar-refractivity contribution in [2.24, 2.45) is 0 Å². The van der Waals surface area contributed by atoms with Gasteiger partial charge in [-0.3, -0.25) is 9.59 Å². The first kappa shape index (κ1) is 21.4. The number of rotatable bonds is 6. The summed E-state index contributed by atoms with van der Waals surface area (Å²) in [6, 6.07) is 9.04. The van der Waals surface area contributed by atoms with Gasteiger partial charge >= 0.3 is 0 Å². The number of hydrogen-bond acceptors (Lipinski definition) is 6. The van der Waals surface area contributed by atoms with Gasteiger partial charge in [0.25, 0.3) is 11.7 Å². The number of likely N-dealkylation sites (tertiary alicyclic amines) is 1. The molecular formula is C23H25NO6. The monoisotopic (exact) mass is 411 g/mol. The molecule has 1 amide bonds. The van der Waals surface area contributed by atoms with Gasteiger partial charge in [0.2, 0.25) is 0 Å². The number of aromatic hydroxyl groups is 1. The summed E-state index contributed by atoms with van der Waals surface area (Å²) in [5.74, 6) is -1.42. The maximum absolute atomic E-state index is 13.0. The molecule has 0 radical (unpaired) electrons. The van der Waals surface area contributed by atoms with Crippen LogP contribution >= 0.6 is 0 Å². The number of Topliss-reactive ketones (excluding diaryl/α,β-unsaturated/α-hetero) is 1. The van der Waals surface area contributed by atoms with E-state index in [2.05, 4.69) is 0 Å². The normalized spacial score (nSPS) is 18.1. The average Bonchev–Trinajstić information content (AvgIpc) is 2.96. The van der Waals surface area contributed by atoms with E-state index in [4.69, 9.17) is 9.47 Å². The van der Waals surface area contributed by atoms with Crippen LogP contribution in [0.15, 0.2) is 42.0 Å². The van der Waals surface area contributed by atoms with Gasteiger partial charge in [-0.05, 0) is 48.7 Å². The molecule has 2 aromatic carbocycles. The van der Waals surface area contributed by atoms with Gasteiger partial charge < -0.3 is 24.6 Å². The van der Waals surface area contributed by atoms with Crippen LogP contribution in [0.5, 0.6) is 11.5 Å². The molecule has 1 aliphatic rings. The molecule has 1 aliphatic heterocycles. The molecule has 2 N–H and O–H groups in total. The minimum absolute atomic E-state index is 0.00573. The van der Waals surface area contributed by atoms with Crippen LogP contribution in [0.2, 0.25) is 0 Å². The molecule has 2 aromatic rings. The predicted octanol–water partition coefficient (Wildman–Crippen LogP) is 3.09. The van der Waals surface area contributed by atoms with Crippen LogP contribution in [-0.4, -0.2) is 54.2 Å². The summed E-state index contributed by atoms with van der Waals surface area (Å²) in [5, 5.41) is 21.2. The Kier molecular flexibility index (Phi) is 6.12. The van der Waals surface area contributed by atoms with Crippen molar-refractivity contribution in [2.45, 2.75) is 19.9 Å². The maximum Gasteiger partial charge on any atom is 0.295 e. The van der Waals surface area contributed by atoms with E-state index in [9.17, 15) is 19.8 Å². The Morgan fingerprint density at radius 2 is 1.87 bits per heavy atom. The zero-order valence-corrected chi connectivity index (χ0v) is 17.4. The highest BCUT2D eigenvalue weighted by Crippen LogP contribution is 2.42. The summed E-state index contributed by atoms with van der Waals surface area (Å²) in [5.41, 5.74) is 2.46. The fraction of sp³-hybridized carbons (Fsp3) is 0.304. The number of aliphatic hydroxyl groups excluding tert-OH is 1. The Balaban J connectivity index is 2.27. The number of ketones is 1. The molecule has 158 valence electrons. The SMILES string of the molecule is COCCN1C(=O)C(=O)/C(=C(/O)c2cc(C)cc(C)c2OC)C1c1cccc(O)c1. The minimum Gasteiger partial charge on any atom is -0.508 e. The lowest BCUT2D eigenvalue weighted by atomic mass is 9.93. The Hall–Kier alpha value is -3.32. The second-order valence-corrected chi connectivity index (χ2v) is 7.24. The number of benzene rings is 2. The Labute approximate surface area is 175 Å². The van der Waals surface area contributed by atoms with Crippen LogP contribution in [0, 0.1) is 13.8 Å². The van der Waals surface area contributed by atoms with E-state index in [0.717, 1.165) is 11.1 Å². The summed E-state index contributed by atoms with van der Waals surface area (Å²) in [7, 11) is 2.98. The summed E-state index contributed by atoms with van der Waals surface area (Å²) >= 11 is 0. The highest BCUT2D eigenvalue weighted by Gasteiger charge is 2.46. The quantitative estimate of drug-likeness (QED) is 0.431. The van der Waals surface area contributed by atoms with Crippen LogP contribution in [-0.2, 0) is 14.3 Å². The van der Waals surface area contributed by atoms with E-state index in [1.165, 1.54) is 31.3 Å². The van der Waals surface area contributed by atoms with E-state index >= 15 is 0 Å². The van der Waals surface area contributed by atoms with E-state index in [-0.39, 0.29) is 30.2 Å².